The molecule has 1 N–H and O–H groups in total. The summed E-state index contributed by atoms with van der Waals surface area (Å²) in [4.78, 5) is 0. The van der Waals surface area contributed by atoms with Crippen LogP contribution in [0.3, 0.4) is 0 Å². The molecule has 0 bridgehead atoms. The molecule has 1 aliphatic heterocycles. The fourth-order valence-corrected chi connectivity index (χ4v) is 3.21. The Morgan fingerprint density at radius 3 is 2.50 bits per heavy atom. The van der Waals surface area contributed by atoms with E-state index >= 15 is 0 Å². The average Bonchev–Trinajstić information content (AvgIpc) is 3.14. The molecule has 3 heteroatoms. The third-order valence-electron chi connectivity index (χ3n) is 4.89. The van der Waals surface area contributed by atoms with Crippen LogP contribution in [0.4, 0.5) is 0 Å². The molecule has 0 saturated carbocycles. The lowest BCUT2D eigenvalue weighted by atomic mass is 9.87. The molecule has 140 valence electrons. The normalized spacial score (nSPS) is 17.4. The fraction of sp³-hybridized carbons (Fsp3) is 0.478. The van der Waals surface area contributed by atoms with Gasteiger partial charge in [-0.15, -0.1) is 0 Å². The Morgan fingerprint density at radius 2 is 1.81 bits per heavy atom. The average molecular weight is 354 g/mol. The maximum absolute atomic E-state index is 6.01. The van der Waals surface area contributed by atoms with E-state index in [1.807, 2.05) is 12.1 Å². The number of hydrogen-bond donors (Lipinski definition) is 1. The third-order valence-corrected chi connectivity index (χ3v) is 4.89. The second-order valence-corrected chi connectivity index (χ2v) is 8.10. The van der Waals surface area contributed by atoms with E-state index in [4.69, 9.17) is 9.47 Å². The Balaban J connectivity index is 1.51. The number of ether oxygens (including phenoxy) is 2. The van der Waals surface area contributed by atoms with Gasteiger partial charge in [-0.1, -0.05) is 63.2 Å². The van der Waals surface area contributed by atoms with E-state index in [9.17, 15) is 0 Å². The Hall–Kier alpha value is -1.84. The summed E-state index contributed by atoms with van der Waals surface area (Å²) in [5.74, 6) is 0.957. The maximum atomic E-state index is 6.01. The van der Waals surface area contributed by atoms with Crippen molar-refractivity contribution in [1.82, 2.24) is 5.32 Å². The summed E-state index contributed by atoms with van der Waals surface area (Å²) in [5.41, 5.74) is 4.06. The highest BCUT2D eigenvalue weighted by molar-refractivity contribution is 5.33. The zero-order valence-electron chi connectivity index (χ0n) is 16.3. The van der Waals surface area contributed by atoms with Gasteiger partial charge < -0.3 is 14.8 Å². The second-order valence-electron chi connectivity index (χ2n) is 8.10. The number of para-hydroxylation sites is 1. The summed E-state index contributed by atoms with van der Waals surface area (Å²) in [6.07, 6.45) is 2.49. The molecule has 1 fully saturated rings. The Morgan fingerprint density at radius 1 is 1.04 bits per heavy atom. The molecule has 1 saturated heterocycles. The molecular weight excluding hydrogens is 322 g/mol. The second kappa shape index (κ2) is 8.70. The van der Waals surface area contributed by atoms with Crippen LogP contribution >= 0.6 is 0 Å². The SMILES string of the molecule is CC(C)(C)c1ccc(CNCc2ccccc2OCC2CCCO2)cc1. The molecule has 2 aromatic carbocycles. The summed E-state index contributed by atoms with van der Waals surface area (Å²) >= 11 is 0. The summed E-state index contributed by atoms with van der Waals surface area (Å²) in [6, 6.07) is 17.2. The van der Waals surface area contributed by atoms with Gasteiger partial charge in [0, 0.05) is 25.3 Å². The molecule has 26 heavy (non-hydrogen) atoms. The predicted octanol–water partition coefficient (Wildman–Crippen LogP) is 4.83. The van der Waals surface area contributed by atoms with E-state index in [0.717, 1.165) is 38.3 Å². The molecule has 1 heterocycles. The van der Waals surface area contributed by atoms with Gasteiger partial charge in [-0.05, 0) is 35.4 Å². The minimum Gasteiger partial charge on any atom is -0.491 e. The standard InChI is InChI=1S/C23H31NO2/c1-23(2,3)20-12-10-18(11-13-20)15-24-16-19-7-4-5-9-22(19)26-17-21-8-6-14-25-21/h4-5,7,9-13,21,24H,6,8,14-17H2,1-3H3. The van der Waals surface area contributed by atoms with Crippen molar-refractivity contribution in [2.24, 2.45) is 0 Å². The van der Waals surface area contributed by atoms with Gasteiger partial charge in [0.25, 0.3) is 0 Å². The number of rotatable bonds is 7. The zero-order chi connectivity index (χ0) is 18.4. The van der Waals surface area contributed by atoms with Crippen molar-refractivity contribution < 1.29 is 9.47 Å². The topological polar surface area (TPSA) is 30.5 Å². The maximum Gasteiger partial charge on any atom is 0.123 e. The minimum absolute atomic E-state index is 0.200. The minimum atomic E-state index is 0.200. The van der Waals surface area contributed by atoms with Gasteiger partial charge in [-0.3, -0.25) is 0 Å². The molecule has 1 aliphatic rings. The summed E-state index contributed by atoms with van der Waals surface area (Å²) in [5, 5.41) is 3.53. The van der Waals surface area contributed by atoms with Crippen molar-refractivity contribution in [1.29, 1.82) is 0 Å². The first-order chi connectivity index (χ1) is 12.5. The molecule has 1 unspecified atom stereocenters. The first-order valence-corrected chi connectivity index (χ1v) is 9.65. The predicted molar refractivity (Wildman–Crippen MR) is 107 cm³/mol. The van der Waals surface area contributed by atoms with Gasteiger partial charge in [0.05, 0.1) is 6.10 Å². The van der Waals surface area contributed by atoms with Crippen LogP contribution in [0.25, 0.3) is 0 Å². The van der Waals surface area contributed by atoms with Crippen LogP contribution < -0.4 is 10.1 Å². The van der Waals surface area contributed by atoms with Crippen molar-refractivity contribution in [3.63, 3.8) is 0 Å². The van der Waals surface area contributed by atoms with E-state index in [-0.39, 0.29) is 11.5 Å². The third kappa shape index (κ3) is 5.33. The number of hydrogen-bond acceptors (Lipinski definition) is 3. The van der Waals surface area contributed by atoms with Crippen molar-refractivity contribution in [3.8, 4) is 5.75 Å². The largest absolute Gasteiger partial charge is 0.491 e. The zero-order valence-corrected chi connectivity index (χ0v) is 16.3. The molecule has 0 radical (unpaired) electrons. The van der Waals surface area contributed by atoms with Gasteiger partial charge in [-0.2, -0.15) is 0 Å². The molecule has 3 nitrogen and oxygen atoms in total. The van der Waals surface area contributed by atoms with Crippen LogP contribution in [0.2, 0.25) is 0 Å². The molecule has 3 rings (SSSR count). The van der Waals surface area contributed by atoms with Crippen LogP contribution in [0.5, 0.6) is 5.75 Å². The molecule has 0 aliphatic carbocycles. The van der Waals surface area contributed by atoms with Crippen LogP contribution in [0.1, 0.15) is 50.3 Å². The van der Waals surface area contributed by atoms with Crippen LogP contribution in [-0.2, 0) is 23.2 Å². The van der Waals surface area contributed by atoms with Gasteiger partial charge >= 0.3 is 0 Å². The summed E-state index contributed by atoms with van der Waals surface area (Å²) in [7, 11) is 0. The van der Waals surface area contributed by atoms with Crippen LogP contribution in [0.15, 0.2) is 48.5 Å². The summed E-state index contributed by atoms with van der Waals surface area (Å²) < 4.78 is 11.7. The highest BCUT2D eigenvalue weighted by Gasteiger charge is 2.16. The summed E-state index contributed by atoms with van der Waals surface area (Å²) in [6.45, 7) is 9.89. The van der Waals surface area contributed by atoms with E-state index in [2.05, 4.69) is 62.5 Å². The number of benzene rings is 2. The van der Waals surface area contributed by atoms with Crippen LogP contribution in [-0.4, -0.2) is 19.3 Å². The Labute approximate surface area is 157 Å². The lowest BCUT2D eigenvalue weighted by molar-refractivity contribution is 0.0676. The molecule has 1 atom stereocenters. The van der Waals surface area contributed by atoms with E-state index < -0.39 is 0 Å². The van der Waals surface area contributed by atoms with E-state index in [1.165, 1.54) is 16.7 Å². The van der Waals surface area contributed by atoms with Gasteiger partial charge in [0.1, 0.15) is 12.4 Å². The van der Waals surface area contributed by atoms with E-state index in [0.29, 0.717) is 6.61 Å². The van der Waals surface area contributed by atoms with Gasteiger partial charge in [0.15, 0.2) is 0 Å². The van der Waals surface area contributed by atoms with Crippen molar-refractivity contribution >= 4 is 0 Å². The van der Waals surface area contributed by atoms with Crippen molar-refractivity contribution in [2.75, 3.05) is 13.2 Å². The van der Waals surface area contributed by atoms with Crippen molar-refractivity contribution in [2.45, 2.75) is 58.2 Å². The van der Waals surface area contributed by atoms with Crippen molar-refractivity contribution in [3.05, 3.63) is 65.2 Å². The first kappa shape index (κ1) is 18.9. The lowest BCUT2D eigenvalue weighted by Gasteiger charge is -2.19. The fourth-order valence-electron chi connectivity index (χ4n) is 3.21. The van der Waals surface area contributed by atoms with E-state index in [1.54, 1.807) is 0 Å². The smallest absolute Gasteiger partial charge is 0.123 e. The van der Waals surface area contributed by atoms with Gasteiger partial charge in [-0.25, -0.2) is 0 Å². The monoisotopic (exact) mass is 353 g/mol. The molecule has 2 aromatic rings. The number of nitrogens with one attached hydrogen (secondary N) is 1. The molecule has 0 aromatic heterocycles. The molecule has 0 spiro atoms. The Kier molecular flexibility index (Phi) is 6.33. The highest BCUT2D eigenvalue weighted by atomic mass is 16.5. The van der Waals surface area contributed by atoms with Gasteiger partial charge in [0.2, 0.25) is 0 Å². The molecular formula is C23H31NO2. The first-order valence-electron chi connectivity index (χ1n) is 9.65. The van der Waals surface area contributed by atoms with Crippen LogP contribution in [0, 0.1) is 0 Å². The lowest BCUT2D eigenvalue weighted by Crippen LogP contribution is -2.18. The molecule has 0 amide bonds. The quantitative estimate of drug-likeness (QED) is 0.773. The highest BCUT2D eigenvalue weighted by Crippen LogP contribution is 2.23. The Bertz CT molecular complexity index is 682.